The molecule has 1 unspecified atom stereocenters. The van der Waals surface area contributed by atoms with Crippen molar-refractivity contribution < 1.29 is 4.79 Å². The maximum Gasteiger partial charge on any atom is 0.298 e. The highest BCUT2D eigenvalue weighted by atomic mass is 16.2. The van der Waals surface area contributed by atoms with Crippen molar-refractivity contribution in [1.82, 2.24) is 9.80 Å². The van der Waals surface area contributed by atoms with E-state index in [1.807, 2.05) is 4.90 Å². The molecule has 0 aromatic rings. The summed E-state index contributed by atoms with van der Waals surface area (Å²) in [7, 11) is 0. The van der Waals surface area contributed by atoms with Crippen molar-refractivity contribution in [2.45, 2.75) is 46.2 Å². The Morgan fingerprint density at radius 1 is 1.31 bits per heavy atom. The molecule has 0 N–H and O–H groups in total. The lowest BCUT2D eigenvalue weighted by Crippen LogP contribution is -2.58. The van der Waals surface area contributed by atoms with Gasteiger partial charge in [0.1, 0.15) is 0 Å². The fourth-order valence-corrected chi connectivity index (χ4v) is 2.05. The zero-order chi connectivity index (χ0) is 12.3. The molecule has 1 heterocycles. The van der Waals surface area contributed by atoms with E-state index in [4.69, 9.17) is 0 Å². The molecule has 0 aromatic heterocycles. The maximum absolute atomic E-state index is 11.7. The minimum Gasteiger partial charge on any atom is -0.327 e. The SMILES string of the molecule is CC#CC(=O)N1CCN(C(C)(C)C)CC1C. The van der Waals surface area contributed by atoms with Gasteiger partial charge in [-0.15, -0.1) is 0 Å². The Labute approximate surface area is 98.8 Å². The molecule has 0 aromatic carbocycles. The van der Waals surface area contributed by atoms with Crippen LogP contribution in [0.1, 0.15) is 34.6 Å². The van der Waals surface area contributed by atoms with Crippen LogP contribution in [0, 0.1) is 11.8 Å². The molecule has 0 aliphatic carbocycles. The number of nitrogens with zero attached hydrogens (tertiary/aromatic N) is 2. The molecule has 3 nitrogen and oxygen atoms in total. The molecule has 0 saturated carbocycles. The van der Waals surface area contributed by atoms with Crippen LogP contribution < -0.4 is 0 Å². The zero-order valence-corrected chi connectivity index (χ0v) is 11.0. The predicted octanol–water partition coefficient (Wildman–Crippen LogP) is 1.34. The van der Waals surface area contributed by atoms with Crippen molar-refractivity contribution >= 4 is 5.91 Å². The molecule has 1 aliphatic heterocycles. The van der Waals surface area contributed by atoms with Crippen LogP contribution in [0.4, 0.5) is 0 Å². The van der Waals surface area contributed by atoms with Gasteiger partial charge in [-0.25, -0.2) is 0 Å². The van der Waals surface area contributed by atoms with Crippen molar-refractivity contribution in [1.29, 1.82) is 0 Å². The topological polar surface area (TPSA) is 23.6 Å². The number of piperazine rings is 1. The third-order valence-corrected chi connectivity index (χ3v) is 3.07. The molecular formula is C13H22N2O. The van der Waals surface area contributed by atoms with E-state index in [0.717, 1.165) is 19.6 Å². The molecule has 0 spiro atoms. The molecule has 1 rings (SSSR count). The Morgan fingerprint density at radius 2 is 1.94 bits per heavy atom. The highest BCUT2D eigenvalue weighted by molar-refractivity contribution is 5.93. The smallest absolute Gasteiger partial charge is 0.298 e. The van der Waals surface area contributed by atoms with Crippen molar-refractivity contribution in [3.8, 4) is 11.8 Å². The van der Waals surface area contributed by atoms with Gasteiger partial charge in [0.25, 0.3) is 5.91 Å². The fourth-order valence-electron chi connectivity index (χ4n) is 2.05. The Balaban J connectivity index is 2.65. The van der Waals surface area contributed by atoms with Crippen molar-refractivity contribution in [3.63, 3.8) is 0 Å². The summed E-state index contributed by atoms with van der Waals surface area (Å²) >= 11 is 0. The van der Waals surface area contributed by atoms with E-state index in [9.17, 15) is 4.79 Å². The number of hydrogen-bond acceptors (Lipinski definition) is 2. The lowest BCUT2D eigenvalue weighted by atomic mass is 10.0. The van der Waals surface area contributed by atoms with Crippen molar-refractivity contribution in [2.24, 2.45) is 0 Å². The van der Waals surface area contributed by atoms with Gasteiger partial charge in [-0.1, -0.05) is 5.92 Å². The average molecular weight is 222 g/mol. The lowest BCUT2D eigenvalue weighted by molar-refractivity contribution is -0.130. The quantitative estimate of drug-likeness (QED) is 0.577. The summed E-state index contributed by atoms with van der Waals surface area (Å²) in [6.45, 7) is 13.1. The van der Waals surface area contributed by atoms with E-state index in [1.54, 1.807) is 6.92 Å². The van der Waals surface area contributed by atoms with Gasteiger partial charge in [0.2, 0.25) is 0 Å². The Kier molecular flexibility index (Phi) is 3.98. The van der Waals surface area contributed by atoms with Gasteiger partial charge >= 0.3 is 0 Å². The Morgan fingerprint density at radius 3 is 2.38 bits per heavy atom. The molecule has 1 aliphatic rings. The fraction of sp³-hybridized carbons (Fsp3) is 0.769. The average Bonchev–Trinajstić information content (AvgIpc) is 2.16. The molecular weight excluding hydrogens is 200 g/mol. The number of carbonyl (C=O) groups excluding carboxylic acids is 1. The first-order chi connectivity index (χ1) is 7.36. The first-order valence-electron chi connectivity index (χ1n) is 5.84. The van der Waals surface area contributed by atoms with Gasteiger partial charge in [0, 0.05) is 31.2 Å². The number of amides is 1. The number of rotatable bonds is 0. The van der Waals surface area contributed by atoms with E-state index in [2.05, 4.69) is 44.4 Å². The van der Waals surface area contributed by atoms with E-state index < -0.39 is 0 Å². The van der Waals surface area contributed by atoms with Crippen molar-refractivity contribution in [3.05, 3.63) is 0 Å². The summed E-state index contributed by atoms with van der Waals surface area (Å²) in [5, 5.41) is 0. The second-order valence-electron chi connectivity index (χ2n) is 5.34. The monoisotopic (exact) mass is 222 g/mol. The summed E-state index contributed by atoms with van der Waals surface area (Å²) in [5.41, 5.74) is 0.180. The maximum atomic E-state index is 11.7. The Hall–Kier alpha value is -1.01. The summed E-state index contributed by atoms with van der Waals surface area (Å²) in [6.07, 6.45) is 0. The van der Waals surface area contributed by atoms with Gasteiger partial charge in [-0.2, -0.15) is 0 Å². The first kappa shape index (κ1) is 13.1. The number of hydrogen-bond donors (Lipinski definition) is 0. The van der Waals surface area contributed by atoms with Crippen LogP contribution in [-0.4, -0.2) is 46.9 Å². The van der Waals surface area contributed by atoms with Crippen LogP contribution in [0.3, 0.4) is 0 Å². The van der Waals surface area contributed by atoms with E-state index in [-0.39, 0.29) is 17.5 Å². The van der Waals surface area contributed by atoms with Gasteiger partial charge in [-0.05, 0) is 40.5 Å². The minimum atomic E-state index is -0.0384. The molecule has 0 radical (unpaired) electrons. The number of carbonyl (C=O) groups is 1. The van der Waals surface area contributed by atoms with E-state index in [0.29, 0.717) is 0 Å². The lowest BCUT2D eigenvalue weighted by Gasteiger charge is -2.45. The molecule has 16 heavy (non-hydrogen) atoms. The van der Waals surface area contributed by atoms with E-state index >= 15 is 0 Å². The van der Waals surface area contributed by atoms with Crippen LogP contribution in [0.15, 0.2) is 0 Å². The van der Waals surface area contributed by atoms with Gasteiger partial charge in [-0.3, -0.25) is 9.69 Å². The molecule has 1 amide bonds. The van der Waals surface area contributed by atoms with Gasteiger partial charge in [0.05, 0.1) is 0 Å². The largest absolute Gasteiger partial charge is 0.327 e. The predicted molar refractivity (Wildman–Crippen MR) is 66.0 cm³/mol. The summed E-state index contributed by atoms with van der Waals surface area (Å²) in [5.74, 6) is 5.25. The molecule has 1 atom stereocenters. The summed E-state index contributed by atoms with van der Waals surface area (Å²) in [6, 6.07) is 0.251. The molecule has 3 heteroatoms. The van der Waals surface area contributed by atoms with Crippen LogP contribution in [0.5, 0.6) is 0 Å². The van der Waals surface area contributed by atoms with E-state index in [1.165, 1.54) is 0 Å². The standard InChI is InChI=1S/C13H22N2O/c1-6-7-12(16)15-9-8-14(10-11(15)2)13(3,4)5/h11H,8-10H2,1-5H3. The molecule has 0 bridgehead atoms. The van der Waals surface area contributed by atoms with Crippen LogP contribution in [0.25, 0.3) is 0 Å². The normalized spacial score (nSPS) is 22.6. The second kappa shape index (κ2) is 4.88. The van der Waals surface area contributed by atoms with Crippen LogP contribution >= 0.6 is 0 Å². The summed E-state index contributed by atoms with van der Waals surface area (Å²) < 4.78 is 0. The Bertz CT molecular complexity index is 319. The molecule has 1 fully saturated rings. The summed E-state index contributed by atoms with van der Waals surface area (Å²) in [4.78, 5) is 16.0. The highest BCUT2D eigenvalue weighted by Gasteiger charge is 2.31. The third-order valence-electron chi connectivity index (χ3n) is 3.07. The zero-order valence-electron chi connectivity index (χ0n) is 11.0. The second-order valence-corrected chi connectivity index (χ2v) is 5.34. The van der Waals surface area contributed by atoms with Crippen LogP contribution in [-0.2, 0) is 4.79 Å². The van der Waals surface area contributed by atoms with Gasteiger partial charge < -0.3 is 4.90 Å². The van der Waals surface area contributed by atoms with Gasteiger partial charge in [0.15, 0.2) is 0 Å². The third kappa shape index (κ3) is 2.99. The van der Waals surface area contributed by atoms with Crippen molar-refractivity contribution in [2.75, 3.05) is 19.6 Å². The van der Waals surface area contributed by atoms with Crippen LogP contribution in [0.2, 0.25) is 0 Å². The highest BCUT2D eigenvalue weighted by Crippen LogP contribution is 2.19. The first-order valence-corrected chi connectivity index (χ1v) is 5.84. The minimum absolute atomic E-state index is 0.0384. The molecule has 90 valence electrons. The molecule has 1 saturated heterocycles.